The van der Waals surface area contributed by atoms with Gasteiger partial charge in [-0.2, -0.15) is 8.78 Å². The Morgan fingerprint density at radius 3 is 1.47 bits per heavy atom. The van der Waals surface area contributed by atoms with Gasteiger partial charge in [0.25, 0.3) is 5.92 Å². The van der Waals surface area contributed by atoms with Gasteiger partial charge in [0.1, 0.15) is 11.5 Å². The lowest BCUT2D eigenvalue weighted by atomic mass is 9.99. The zero-order valence-electron chi connectivity index (χ0n) is 9.77. The van der Waals surface area contributed by atoms with Crippen molar-refractivity contribution in [2.24, 2.45) is 0 Å². The van der Waals surface area contributed by atoms with E-state index in [0.29, 0.717) is 0 Å². The molecule has 0 aromatic heterocycles. The molecule has 0 saturated carbocycles. The van der Waals surface area contributed by atoms with Crippen molar-refractivity contribution in [3.05, 3.63) is 47.5 Å². The number of benzene rings is 2. The van der Waals surface area contributed by atoms with Gasteiger partial charge in [0.05, 0.1) is 11.4 Å². The summed E-state index contributed by atoms with van der Waals surface area (Å²) < 4.78 is 28.4. The SMILES string of the molecule is Nc1ccc(C(F)(F)c2ccc(N)c(O)c2)cc1O. The minimum Gasteiger partial charge on any atom is -0.506 e. The van der Waals surface area contributed by atoms with Crippen molar-refractivity contribution in [3.8, 4) is 11.5 Å². The molecule has 0 bridgehead atoms. The van der Waals surface area contributed by atoms with Crippen LogP contribution in [0.15, 0.2) is 36.4 Å². The van der Waals surface area contributed by atoms with Crippen LogP contribution in [0, 0.1) is 0 Å². The first-order valence-corrected chi connectivity index (χ1v) is 5.38. The molecule has 0 saturated heterocycles. The summed E-state index contributed by atoms with van der Waals surface area (Å²) in [7, 11) is 0. The highest BCUT2D eigenvalue weighted by Gasteiger charge is 2.35. The van der Waals surface area contributed by atoms with Gasteiger partial charge in [-0.3, -0.25) is 0 Å². The van der Waals surface area contributed by atoms with Crippen LogP contribution in [0.3, 0.4) is 0 Å². The molecule has 0 heterocycles. The van der Waals surface area contributed by atoms with Crippen molar-refractivity contribution in [1.82, 2.24) is 0 Å². The van der Waals surface area contributed by atoms with Gasteiger partial charge in [0.15, 0.2) is 0 Å². The molecule has 0 unspecified atom stereocenters. The third-order valence-corrected chi connectivity index (χ3v) is 2.79. The molecule has 0 aliphatic carbocycles. The van der Waals surface area contributed by atoms with E-state index in [-0.39, 0.29) is 11.4 Å². The molecule has 2 aromatic carbocycles. The minimum absolute atomic E-state index is 0.0136. The number of hydrogen-bond acceptors (Lipinski definition) is 4. The number of phenolic OH excluding ortho intramolecular Hbond substituents is 2. The molecular weight excluding hydrogens is 254 g/mol. The molecule has 6 N–H and O–H groups in total. The number of rotatable bonds is 2. The van der Waals surface area contributed by atoms with Crippen molar-refractivity contribution in [2.75, 3.05) is 11.5 Å². The fourth-order valence-electron chi connectivity index (χ4n) is 1.64. The summed E-state index contributed by atoms with van der Waals surface area (Å²) in [6.07, 6.45) is 0. The van der Waals surface area contributed by atoms with Crippen molar-refractivity contribution < 1.29 is 19.0 Å². The molecule has 0 amide bonds. The fraction of sp³-hybridized carbons (Fsp3) is 0.0769. The van der Waals surface area contributed by atoms with E-state index >= 15 is 0 Å². The van der Waals surface area contributed by atoms with E-state index in [1.54, 1.807) is 0 Å². The first-order valence-electron chi connectivity index (χ1n) is 5.38. The lowest BCUT2D eigenvalue weighted by Gasteiger charge is -2.18. The second kappa shape index (κ2) is 4.31. The number of nitrogen functional groups attached to an aromatic ring is 2. The van der Waals surface area contributed by atoms with Crippen molar-refractivity contribution in [1.29, 1.82) is 0 Å². The quantitative estimate of drug-likeness (QED) is 0.496. The Labute approximate surface area is 107 Å². The largest absolute Gasteiger partial charge is 0.506 e. The van der Waals surface area contributed by atoms with Crippen LogP contribution in [0.5, 0.6) is 11.5 Å². The van der Waals surface area contributed by atoms with Crippen LogP contribution in [0.4, 0.5) is 20.2 Å². The molecule has 2 aromatic rings. The molecule has 100 valence electrons. The van der Waals surface area contributed by atoms with Crippen LogP contribution in [-0.4, -0.2) is 10.2 Å². The maximum atomic E-state index is 14.2. The second-order valence-electron chi connectivity index (χ2n) is 4.12. The van der Waals surface area contributed by atoms with Gasteiger partial charge in [-0.1, -0.05) is 12.1 Å². The maximum absolute atomic E-state index is 14.2. The number of halogens is 2. The Morgan fingerprint density at radius 2 is 1.16 bits per heavy atom. The zero-order valence-corrected chi connectivity index (χ0v) is 9.77. The smallest absolute Gasteiger partial charge is 0.298 e. The van der Waals surface area contributed by atoms with Gasteiger partial charge >= 0.3 is 0 Å². The van der Waals surface area contributed by atoms with E-state index in [1.807, 2.05) is 0 Å². The number of alkyl halides is 2. The van der Waals surface area contributed by atoms with Gasteiger partial charge < -0.3 is 21.7 Å². The summed E-state index contributed by atoms with van der Waals surface area (Å²) in [6, 6.07) is 6.39. The van der Waals surface area contributed by atoms with Gasteiger partial charge in [-0.05, 0) is 24.3 Å². The summed E-state index contributed by atoms with van der Waals surface area (Å²) in [5, 5.41) is 18.8. The molecule has 0 fully saturated rings. The average Bonchev–Trinajstić information content (AvgIpc) is 2.35. The summed E-state index contributed by atoms with van der Waals surface area (Å²) in [6.45, 7) is 0. The molecular formula is C13H12F2N2O2. The highest BCUT2D eigenvalue weighted by molar-refractivity contribution is 5.57. The fourth-order valence-corrected chi connectivity index (χ4v) is 1.64. The molecule has 2 rings (SSSR count). The van der Waals surface area contributed by atoms with E-state index < -0.39 is 28.5 Å². The van der Waals surface area contributed by atoms with Crippen molar-refractivity contribution in [2.45, 2.75) is 5.92 Å². The summed E-state index contributed by atoms with van der Waals surface area (Å²) in [5.74, 6) is -4.22. The summed E-state index contributed by atoms with van der Waals surface area (Å²) >= 11 is 0. The molecule has 6 heteroatoms. The Kier molecular flexibility index (Phi) is 2.94. The highest BCUT2D eigenvalue weighted by atomic mass is 19.3. The predicted molar refractivity (Wildman–Crippen MR) is 68.0 cm³/mol. The van der Waals surface area contributed by atoms with Crippen LogP contribution in [0.2, 0.25) is 0 Å². The summed E-state index contributed by atoms with van der Waals surface area (Å²) in [4.78, 5) is 0. The first kappa shape index (κ1) is 12.9. The summed E-state index contributed by atoms with van der Waals surface area (Å²) in [5.41, 5.74) is 9.90. The Balaban J connectivity index is 2.51. The van der Waals surface area contributed by atoms with Gasteiger partial charge in [0.2, 0.25) is 0 Å². The van der Waals surface area contributed by atoms with Crippen LogP contribution >= 0.6 is 0 Å². The monoisotopic (exact) mass is 266 g/mol. The van der Waals surface area contributed by atoms with Crippen LogP contribution in [0.25, 0.3) is 0 Å². The topological polar surface area (TPSA) is 92.5 Å². The molecule has 0 atom stereocenters. The molecule has 0 aliphatic rings. The first-order chi connectivity index (χ1) is 8.82. The lowest BCUT2D eigenvalue weighted by molar-refractivity contribution is 0.0424. The number of anilines is 2. The maximum Gasteiger partial charge on any atom is 0.298 e. The van der Waals surface area contributed by atoms with E-state index in [4.69, 9.17) is 11.5 Å². The van der Waals surface area contributed by atoms with E-state index in [0.717, 1.165) is 24.3 Å². The highest BCUT2D eigenvalue weighted by Crippen LogP contribution is 2.40. The number of aromatic hydroxyl groups is 2. The van der Waals surface area contributed by atoms with Crippen LogP contribution in [-0.2, 0) is 5.92 Å². The van der Waals surface area contributed by atoms with Gasteiger partial charge in [-0.25, -0.2) is 0 Å². The standard InChI is InChI=1S/C13H12F2N2O2/c14-13(15,7-1-3-9(16)11(18)5-7)8-2-4-10(17)12(19)6-8/h1-6,18-19H,16-17H2. The van der Waals surface area contributed by atoms with E-state index in [2.05, 4.69) is 0 Å². The minimum atomic E-state index is -3.38. The molecule has 0 spiro atoms. The Hall–Kier alpha value is -2.50. The van der Waals surface area contributed by atoms with Gasteiger partial charge in [0, 0.05) is 11.1 Å². The number of phenols is 2. The van der Waals surface area contributed by atoms with Crippen molar-refractivity contribution in [3.63, 3.8) is 0 Å². The molecule has 19 heavy (non-hydrogen) atoms. The van der Waals surface area contributed by atoms with E-state index in [9.17, 15) is 19.0 Å². The number of nitrogens with two attached hydrogens (primary N) is 2. The predicted octanol–water partition coefficient (Wildman–Crippen LogP) is 2.40. The average molecular weight is 266 g/mol. The number of hydrogen-bond donors (Lipinski definition) is 4. The van der Waals surface area contributed by atoms with Crippen LogP contribution < -0.4 is 11.5 Å². The Morgan fingerprint density at radius 1 is 0.789 bits per heavy atom. The van der Waals surface area contributed by atoms with Gasteiger partial charge in [-0.15, -0.1) is 0 Å². The lowest BCUT2D eigenvalue weighted by Crippen LogP contribution is -2.15. The Bertz CT molecular complexity index is 577. The van der Waals surface area contributed by atoms with Crippen LogP contribution in [0.1, 0.15) is 11.1 Å². The third kappa shape index (κ3) is 2.24. The molecule has 4 nitrogen and oxygen atoms in total. The normalized spacial score (nSPS) is 11.5. The second-order valence-corrected chi connectivity index (χ2v) is 4.12. The molecule has 0 aliphatic heterocycles. The van der Waals surface area contributed by atoms with Crippen molar-refractivity contribution >= 4 is 11.4 Å². The molecule has 0 radical (unpaired) electrons. The zero-order chi connectivity index (χ0) is 14.2. The third-order valence-electron chi connectivity index (χ3n) is 2.79. The van der Waals surface area contributed by atoms with E-state index in [1.165, 1.54) is 12.1 Å².